The van der Waals surface area contributed by atoms with Crippen LogP contribution in [0.25, 0.3) is 0 Å². The van der Waals surface area contributed by atoms with Gasteiger partial charge >= 0.3 is 5.97 Å². The molecule has 1 aliphatic rings. The standard InChI is InChI=1S/C10H14O4/c1-2-6-10(14)7(9(12)13)4-3-5-8(10)11/h3-5,7,11,14H,2,6H2,1H3,(H,12,13). The van der Waals surface area contributed by atoms with Gasteiger partial charge in [0.2, 0.25) is 0 Å². The summed E-state index contributed by atoms with van der Waals surface area (Å²) in [6.07, 6.45) is 4.99. The highest BCUT2D eigenvalue weighted by Crippen LogP contribution is 2.33. The van der Waals surface area contributed by atoms with Gasteiger partial charge in [0, 0.05) is 0 Å². The SMILES string of the molecule is CCCC1(O)C(O)=CC=CC1C(=O)O. The summed E-state index contributed by atoms with van der Waals surface area (Å²) >= 11 is 0. The molecular weight excluding hydrogens is 184 g/mol. The molecule has 4 heteroatoms. The van der Waals surface area contributed by atoms with Gasteiger partial charge in [-0.1, -0.05) is 25.5 Å². The molecule has 2 unspecified atom stereocenters. The van der Waals surface area contributed by atoms with Crippen molar-refractivity contribution in [3.8, 4) is 0 Å². The fourth-order valence-electron chi connectivity index (χ4n) is 1.67. The average molecular weight is 198 g/mol. The summed E-state index contributed by atoms with van der Waals surface area (Å²) in [5.74, 6) is -2.46. The van der Waals surface area contributed by atoms with E-state index < -0.39 is 17.5 Å². The zero-order valence-electron chi connectivity index (χ0n) is 7.97. The number of hydrogen-bond donors (Lipinski definition) is 3. The lowest BCUT2D eigenvalue weighted by atomic mass is 9.79. The number of aliphatic hydroxyl groups excluding tert-OH is 1. The van der Waals surface area contributed by atoms with Crippen LogP contribution in [-0.4, -0.2) is 26.9 Å². The number of carbonyl (C=O) groups is 1. The molecule has 0 spiro atoms. The van der Waals surface area contributed by atoms with Crippen LogP contribution in [0.3, 0.4) is 0 Å². The smallest absolute Gasteiger partial charge is 0.313 e. The Bertz CT molecular complexity index is 292. The van der Waals surface area contributed by atoms with Gasteiger partial charge < -0.3 is 15.3 Å². The van der Waals surface area contributed by atoms with Crippen LogP contribution < -0.4 is 0 Å². The van der Waals surface area contributed by atoms with Gasteiger partial charge in [-0.25, -0.2) is 0 Å². The first-order valence-electron chi connectivity index (χ1n) is 4.55. The Hall–Kier alpha value is -1.29. The molecule has 0 aliphatic heterocycles. The lowest BCUT2D eigenvalue weighted by Crippen LogP contribution is -2.44. The molecule has 0 aromatic heterocycles. The molecule has 0 heterocycles. The predicted molar refractivity (Wildman–Crippen MR) is 50.8 cm³/mol. The first kappa shape index (κ1) is 10.8. The molecule has 0 aromatic rings. The van der Waals surface area contributed by atoms with E-state index in [-0.39, 0.29) is 12.2 Å². The number of hydrogen-bond acceptors (Lipinski definition) is 3. The molecule has 1 rings (SSSR count). The number of allylic oxidation sites excluding steroid dienone is 2. The molecule has 0 saturated carbocycles. The maximum Gasteiger partial charge on any atom is 0.313 e. The molecular formula is C10H14O4. The van der Waals surface area contributed by atoms with Gasteiger partial charge in [-0.05, 0) is 12.5 Å². The Balaban J connectivity index is 3.01. The maximum atomic E-state index is 10.8. The Labute approximate surface area is 82.2 Å². The van der Waals surface area contributed by atoms with E-state index in [1.165, 1.54) is 18.2 Å². The molecule has 0 aromatic carbocycles. The minimum Gasteiger partial charge on any atom is -0.509 e. The molecule has 1 aliphatic carbocycles. The van der Waals surface area contributed by atoms with Crippen molar-refractivity contribution in [1.82, 2.24) is 0 Å². The summed E-state index contributed by atoms with van der Waals surface area (Å²) in [7, 11) is 0. The lowest BCUT2D eigenvalue weighted by molar-refractivity contribution is -0.148. The van der Waals surface area contributed by atoms with E-state index in [9.17, 15) is 15.0 Å². The normalized spacial score (nSPS) is 31.3. The number of carboxylic acids is 1. The Kier molecular flexibility index (Phi) is 2.96. The molecule has 0 bridgehead atoms. The molecule has 3 N–H and O–H groups in total. The van der Waals surface area contributed by atoms with Crippen molar-refractivity contribution >= 4 is 5.97 Å². The summed E-state index contributed by atoms with van der Waals surface area (Å²) < 4.78 is 0. The van der Waals surface area contributed by atoms with Crippen molar-refractivity contribution in [3.63, 3.8) is 0 Å². The fourth-order valence-corrected chi connectivity index (χ4v) is 1.67. The topological polar surface area (TPSA) is 77.8 Å². The predicted octanol–water partition coefficient (Wildman–Crippen LogP) is 1.23. The third-order valence-electron chi connectivity index (χ3n) is 2.41. The van der Waals surface area contributed by atoms with Crippen LogP contribution >= 0.6 is 0 Å². The maximum absolute atomic E-state index is 10.8. The third-order valence-corrected chi connectivity index (χ3v) is 2.41. The van der Waals surface area contributed by atoms with Crippen LogP contribution in [0.15, 0.2) is 24.0 Å². The second kappa shape index (κ2) is 3.84. The fraction of sp³-hybridized carbons (Fsp3) is 0.500. The van der Waals surface area contributed by atoms with Crippen molar-refractivity contribution < 1.29 is 20.1 Å². The van der Waals surface area contributed by atoms with Crippen molar-refractivity contribution in [2.24, 2.45) is 5.92 Å². The van der Waals surface area contributed by atoms with Gasteiger partial charge in [-0.3, -0.25) is 4.79 Å². The highest BCUT2D eigenvalue weighted by Gasteiger charge is 2.44. The Morgan fingerprint density at radius 3 is 2.79 bits per heavy atom. The van der Waals surface area contributed by atoms with Crippen LogP contribution in [0.5, 0.6) is 0 Å². The molecule has 78 valence electrons. The van der Waals surface area contributed by atoms with E-state index in [4.69, 9.17) is 5.11 Å². The van der Waals surface area contributed by atoms with Crippen LogP contribution in [0.1, 0.15) is 19.8 Å². The van der Waals surface area contributed by atoms with Gasteiger partial charge in [0.1, 0.15) is 17.3 Å². The van der Waals surface area contributed by atoms with E-state index in [1.807, 2.05) is 6.92 Å². The Morgan fingerprint density at radius 1 is 1.64 bits per heavy atom. The van der Waals surface area contributed by atoms with Gasteiger partial charge in [0.05, 0.1) is 0 Å². The summed E-state index contributed by atoms with van der Waals surface area (Å²) in [6.45, 7) is 1.82. The summed E-state index contributed by atoms with van der Waals surface area (Å²) in [4.78, 5) is 10.8. The van der Waals surface area contributed by atoms with E-state index in [0.29, 0.717) is 6.42 Å². The van der Waals surface area contributed by atoms with Crippen molar-refractivity contribution in [1.29, 1.82) is 0 Å². The van der Waals surface area contributed by atoms with Crippen LogP contribution in [0.2, 0.25) is 0 Å². The zero-order chi connectivity index (χ0) is 10.8. The van der Waals surface area contributed by atoms with E-state index in [2.05, 4.69) is 0 Å². The van der Waals surface area contributed by atoms with Gasteiger partial charge in [0.25, 0.3) is 0 Å². The lowest BCUT2D eigenvalue weighted by Gasteiger charge is -2.33. The highest BCUT2D eigenvalue weighted by atomic mass is 16.4. The second-order valence-electron chi connectivity index (χ2n) is 3.43. The number of carboxylic acid groups (broad SMARTS) is 1. The van der Waals surface area contributed by atoms with Crippen molar-refractivity contribution in [2.45, 2.75) is 25.4 Å². The molecule has 2 atom stereocenters. The number of aliphatic carboxylic acids is 1. The zero-order valence-corrected chi connectivity index (χ0v) is 7.97. The Morgan fingerprint density at radius 2 is 2.29 bits per heavy atom. The van der Waals surface area contributed by atoms with Gasteiger partial charge in [0.15, 0.2) is 0 Å². The van der Waals surface area contributed by atoms with E-state index in [0.717, 1.165) is 0 Å². The highest BCUT2D eigenvalue weighted by molar-refractivity contribution is 5.75. The van der Waals surface area contributed by atoms with E-state index >= 15 is 0 Å². The molecule has 14 heavy (non-hydrogen) atoms. The minimum absolute atomic E-state index is 0.233. The first-order valence-corrected chi connectivity index (χ1v) is 4.55. The average Bonchev–Trinajstić information content (AvgIpc) is 2.10. The van der Waals surface area contributed by atoms with Crippen LogP contribution in [-0.2, 0) is 4.79 Å². The summed E-state index contributed by atoms with van der Waals surface area (Å²) in [6, 6.07) is 0. The van der Waals surface area contributed by atoms with Crippen molar-refractivity contribution in [3.05, 3.63) is 24.0 Å². The third kappa shape index (κ3) is 1.65. The monoisotopic (exact) mass is 198 g/mol. The summed E-state index contributed by atoms with van der Waals surface area (Å²) in [5, 5.41) is 28.4. The molecule has 0 fully saturated rings. The molecule has 0 amide bonds. The van der Waals surface area contributed by atoms with Crippen LogP contribution in [0.4, 0.5) is 0 Å². The number of aliphatic hydroxyl groups is 2. The largest absolute Gasteiger partial charge is 0.509 e. The van der Waals surface area contributed by atoms with Crippen LogP contribution in [0, 0.1) is 5.92 Å². The van der Waals surface area contributed by atoms with Gasteiger partial charge in [-0.15, -0.1) is 0 Å². The summed E-state index contributed by atoms with van der Waals surface area (Å²) in [5.41, 5.74) is -1.64. The second-order valence-corrected chi connectivity index (χ2v) is 3.43. The quantitative estimate of drug-likeness (QED) is 0.637. The molecule has 0 saturated heterocycles. The van der Waals surface area contributed by atoms with Gasteiger partial charge in [-0.2, -0.15) is 0 Å². The molecule has 0 radical (unpaired) electrons. The first-order chi connectivity index (χ1) is 6.52. The number of rotatable bonds is 3. The minimum atomic E-state index is -1.64. The van der Waals surface area contributed by atoms with E-state index in [1.54, 1.807) is 0 Å². The molecule has 4 nitrogen and oxygen atoms in total. The van der Waals surface area contributed by atoms with Crippen molar-refractivity contribution in [2.75, 3.05) is 0 Å².